The molecule has 68 valence electrons. The molecule has 13 heavy (non-hydrogen) atoms. The summed E-state index contributed by atoms with van der Waals surface area (Å²) in [6, 6.07) is 6.81. The average molecular weight is 178 g/mol. The third-order valence-electron chi connectivity index (χ3n) is 2.41. The van der Waals surface area contributed by atoms with Gasteiger partial charge in [-0.1, -0.05) is 12.1 Å². The molecule has 0 heterocycles. The van der Waals surface area contributed by atoms with Crippen LogP contribution in [0.2, 0.25) is 0 Å². The highest BCUT2D eigenvalue weighted by Crippen LogP contribution is 2.47. The molecular formula is C10H10O3. The highest BCUT2D eigenvalue weighted by Gasteiger charge is 2.44. The second-order valence-electron chi connectivity index (χ2n) is 3.38. The fraction of sp³-hybridized carbons (Fsp3) is 0.300. The third kappa shape index (κ3) is 1.49. The molecule has 0 spiro atoms. The van der Waals surface area contributed by atoms with E-state index in [1.807, 2.05) is 6.07 Å². The van der Waals surface area contributed by atoms with Crippen molar-refractivity contribution >= 4 is 5.97 Å². The van der Waals surface area contributed by atoms with Crippen LogP contribution in [0.15, 0.2) is 24.3 Å². The van der Waals surface area contributed by atoms with Crippen molar-refractivity contribution in [3.05, 3.63) is 29.8 Å². The van der Waals surface area contributed by atoms with Crippen LogP contribution in [-0.4, -0.2) is 16.2 Å². The minimum absolute atomic E-state index is 0.101. The third-order valence-corrected chi connectivity index (χ3v) is 2.41. The zero-order valence-electron chi connectivity index (χ0n) is 6.97. The van der Waals surface area contributed by atoms with Crippen LogP contribution in [0.3, 0.4) is 0 Å². The molecule has 0 saturated heterocycles. The number of aliphatic carboxylic acids is 1. The van der Waals surface area contributed by atoms with Crippen molar-refractivity contribution in [2.45, 2.75) is 12.3 Å². The zero-order chi connectivity index (χ0) is 9.42. The summed E-state index contributed by atoms with van der Waals surface area (Å²) in [5.74, 6) is -0.687. The van der Waals surface area contributed by atoms with Crippen LogP contribution in [0, 0.1) is 5.92 Å². The van der Waals surface area contributed by atoms with Crippen molar-refractivity contribution in [2.24, 2.45) is 5.92 Å². The first-order valence-corrected chi connectivity index (χ1v) is 4.20. The van der Waals surface area contributed by atoms with Crippen LogP contribution >= 0.6 is 0 Å². The van der Waals surface area contributed by atoms with Gasteiger partial charge in [0.2, 0.25) is 0 Å². The second kappa shape index (κ2) is 2.76. The predicted octanol–water partition coefficient (Wildman–Crippen LogP) is 1.58. The first-order valence-electron chi connectivity index (χ1n) is 4.20. The van der Waals surface area contributed by atoms with Gasteiger partial charge in [0, 0.05) is 0 Å². The van der Waals surface area contributed by atoms with E-state index in [-0.39, 0.29) is 17.6 Å². The molecular weight excluding hydrogens is 168 g/mol. The van der Waals surface area contributed by atoms with E-state index in [1.54, 1.807) is 18.2 Å². The molecule has 2 rings (SSSR count). The second-order valence-corrected chi connectivity index (χ2v) is 3.38. The van der Waals surface area contributed by atoms with E-state index in [0.29, 0.717) is 6.42 Å². The van der Waals surface area contributed by atoms with Crippen molar-refractivity contribution in [2.75, 3.05) is 0 Å². The van der Waals surface area contributed by atoms with Gasteiger partial charge in [0.15, 0.2) is 0 Å². The number of carboxylic acids is 1. The fourth-order valence-corrected chi connectivity index (χ4v) is 1.59. The Bertz CT molecular complexity index is 346. The van der Waals surface area contributed by atoms with Gasteiger partial charge in [-0.25, -0.2) is 0 Å². The number of rotatable bonds is 2. The van der Waals surface area contributed by atoms with Crippen molar-refractivity contribution in [1.29, 1.82) is 0 Å². The molecule has 0 bridgehead atoms. The smallest absolute Gasteiger partial charge is 0.307 e. The number of carbonyl (C=O) groups is 1. The van der Waals surface area contributed by atoms with E-state index >= 15 is 0 Å². The van der Waals surface area contributed by atoms with Crippen molar-refractivity contribution in [1.82, 2.24) is 0 Å². The Morgan fingerprint density at radius 2 is 2.23 bits per heavy atom. The summed E-state index contributed by atoms with van der Waals surface area (Å²) < 4.78 is 0. The summed E-state index contributed by atoms with van der Waals surface area (Å²) in [6.07, 6.45) is 0.693. The van der Waals surface area contributed by atoms with E-state index in [2.05, 4.69) is 0 Å². The van der Waals surface area contributed by atoms with E-state index in [1.165, 1.54) is 0 Å². The Hall–Kier alpha value is -1.51. The molecule has 1 fully saturated rings. The summed E-state index contributed by atoms with van der Waals surface area (Å²) in [5, 5.41) is 17.9. The fourth-order valence-electron chi connectivity index (χ4n) is 1.59. The molecule has 3 heteroatoms. The molecule has 1 aromatic rings. The zero-order valence-corrected chi connectivity index (χ0v) is 6.97. The lowest BCUT2D eigenvalue weighted by molar-refractivity contribution is -0.138. The van der Waals surface area contributed by atoms with Crippen LogP contribution in [-0.2, 0) is 4.79 Å². The van der Waals surface area contributed by atoms with Gasteiger partial charge in [-0.05, 0) is 30.0 Å². The molecule has 0 aromatic heterocycles. The number of benzene rings is 1. The first kappa shape index (κ1) is 8.10. The summed E-state index contributed by atoms with van der Waals surface area (Å²) in [7, 11) is 0. The van der Waals surface area contributed by atoms with Gasteiger partial charge in [0.05, 0.1) is 5.92 Å². The SMILES string of the molecule is O=C(O)C1CC1c1cccc(O)c1. The van der Waals surface area contributed by atoms with Crippen LogP contribution in [0.25, 0.3) is 0 Å². The lowest BCUT2D eigenvalue weighted by atomic mass is 10.1. The van der Waals surface area contributed by atoms with Gasteiger partial charge >= 0.3 is 5.97 Å². The largest absolute Gasteiger partial charge is 0.508 e. The molecule has 1 saturated carbocycles. The number of hydrogen-bond donors (Lipinski definition) is 2. The van der Waals surface area contributed by atoms with E-state index in [0.717, 1.165) is 5.56 Å². The van der Waals surface area contributed by atoms with Gasteiger partial charge in [-0.3, -0.25) is 4.79 Å². The van der Waals surface area contributed by atoms with Gasteiger partial charge in [-0.2, -0.15) is 0 Å². The van der Waals surface area contributed by atoms with E-state index in [4.69, 9.17) is 10.2 Å². The molecule has 1 aliphatic carbocycles. The van der Waals surface area contributed by atoms with E-state index in [9.17, 15) is 4.79 Å². The number of carboxylic acid groups (broad SMARTS) is 1. The Morgan fingerprint density at radius 1 is 1.46 bits per heavy atom. The molecule has 1 aliphatic rings. The highest BCUT2D eigenvalue weighted by atomic mass is 16.4. The van der Waals surface area contributed by atoms with Gasteiger partial charge in [0.25, 0.3) is 0 Å². The summed E-state index contributed by atoms with van der Waals surface area (Å²) in [6.45, 7) is 0. The molecule has 0 amide bonds. The average Bonchev–Trinajstić information content (AvgIpc) is 2.82. The minimum atomic E-state index is -0.742. The summed E-state index contributed by atoms with van der Waals surface area (Å²) in [5.41, 5.74) is 0.924. The highest BCUT2D eigenvalue weighted by molar-refractivity contribution is 5.75. The Morgan fingerprint density at radius 3 is 2.77 bits per heavy atom. The number of aromatic hydroxyl groups is 1. The normalized spacial score (nSPS) is 25.5. The predicted molar refractivity (Wildman–Crippen MR) is 46.6 cm³/mol. The quantitative estimate of drug-likeness (QED) is 0.722. The molecule has 2 N–H and O–H groups in total. The topological polar surface area (TPSA) is 57.5 Å². The molecule has 3 nitrogen and oxygen atoms in total. The Kier molecular flexibility index (Phi) is 1.72. The van der Waals surface area contributed by atoms with Gasteiger partial charge < -0.3 is 10.2 Å². The van der Waals surface area contributed by atoms with Gasteiger partial charge in [-0.15, -0.1) is 0 Å². The minimum Gasteiger partial charge on any atom is -0.508 e. The molecule has 2 atom stereocenters. The van der Waals surface area contributed by atoms with Crippen LogP contribution in [0.4, 0.5) is 0 Å². The van der Waals surface area contributed by atoms with Crippen molar-refractivity contribution < 1.29 is 15.0 Å². The monoisotopic (exact) mass is 178 g/mol. The maximum Gasteiger partial charge on any atom is 0.307 e. The van der Waals surface area contributed by atoms with Crippen molar-refractivity contribution in [3.63, 3.8) is 0 Å². The number of phenolic OH excluding ortho intramolecular Hbond substituents is 1. The standard InChI is InChI=1S/C10H10O3/c11-7-3-1-2-6(4-7)8-5-9(8)10(12)13/h1-4,8-9,11H,5H2,(H,12,13). The Labute approximate surface area is 75.6 Å². The van der Waals surface area contributed by atoms with Crippen LogP contribution in [0.1, 0.15) is 17.9 Å². The van der Waals surface area contributed by atoms with Crippen LogP contribution in [0.5, 0.6) is 5.75 Å². The maximum atomic E-state index is 10.6. The molecule has 1 aromatic carbocycles. The lowest BCUT2D eigenvalue weighted by Crippen LogP contribution is -1.98. The lowest BCUT2D eigenvalue weighted by Gasteiger charge is -1.98. The van der Waals surface area contributed by atoms with Crippen LogP contribution < -0.4 is 0 Å². The molecule has 0 aliphatic heterocycles. The Balaban J connectivity index is 2.16. The molecule has 2 unspecified atom stereocenters. The van der Waals surface area contributed by atoms with Gasteiger partial charge in [0.1, 0.15) is 5.75 Å². The van der Waals surface area contributed by atoms with E-state index < -0.39 is 5.97 Å². The number of hydrogen-bond acceptors (Lipinski definition) is 2. The summed E-state index contributed by atoms with van der Waals surface area (Å²) >= 11 is 0. The number of phenols is 1. The van der Waals surface area contributed by atoms with Crippen molar-refractivity contribution in [3.8, 4) is 5.75 Å². The maximum absolute atomic E-state index is 10.6. The summed E-state index contributed by atoms with van der Waals surface area (Å²) in [4.78, 5) is 10.6. The first-order chi connectivity index (χ1) is 6.18. The molecule has 0 radical (unpaired) electrons.